The maximum Gasteiger partial charge on any atom is 0.327 e. The van der Waals surface area contributed by atoms with Crippen molar-refractivity contribution in [2.75, 3.05) is 19.7 Å². The standard InChI is InChI=1S/C38H43N3O9/c42-16-15-39-30(43)13-14-40-36(45)38-20-29-31-32(49-37(48-31)18-25-3-1-2-4-26(25)19-37)34(38)50-41(33(38)35(44)47-29)21-24-9-6-22(7-10-24)5-8-23-11-12-27-28(17-23)46-27/h1-10,23,27-29,31-34,42H,11-21H2,(H,39,43)(H,40,45)/t23?,27?,28?,29-,31+,32+,33+,34-,38+/m1/s1. The number of aliphatic hydroxyl groups excluding tert-OH is 1. The van der Waals surface area contributed by atoms with Crippen LogP contribution >= 0.6 is 0 Å². The number of nitrogens with zero attached hydrogens (tertiary/aromatic N) is 1. The van der Waals surface area contributed by atoms with Crippen LogP contribution in [0.3, 0.4) is 0 Å². The third kappa shape index (κ3) is 5.57. The summed E-state index contributed by atoms with van der Waals surface area (Å²) < 4.78 is 25.3. The zero-order chi connectivity index (χ0) is 34.0. The van der Waals surface area contributed by atoms with Gasteiger partial charge in [0.25, 0.3) is 0 Å². The molecule has 2 amide bonds. The molecule has 3 N–H and O–H groups in total. The van der Waals surface area contributed by atoms with Gasteiger partial charge in [-0.05, 0) is 47.4 Å². The number of esters is 1. The quantitative estimate of drug-likeness (QED) is 0.251. The van der Waals surface area contributed by atoms with Crippen molar-refractivity contribution < 1.29 is 43.3 Å². The minimum atomic E-state index is -1.32. The molecule has 2 aromatic rings. The molecule has 4 aliphatic heterocycles. The molecule has 0 radical (unpaired) electrons. The van der Waals surface area contributed by atoms with Gasteiger partial charge in [-0.15, -0.1) is 0 Å². The maximum atomic E-state index is 14.4. The number of fused-ring (bicyclic) bond motifs is 6. The Hall–Kier alpha value is -3.65. The number of nitrogens with one attached hydrogen (secondary N) is 2. The van der Waals surface area contributed by atoms with Crippen LogP contribution in [0.15, 0.2) is 54.6 Å². The Morgan fingerprint density at radius 2 is 1.72 bits per heavy atom. The van der Waals surface area contributed by atoms with E-state index in [1.54, 1.807) is 5.06 Å². The molecule has 9 rings (SSSR count). The van der Waals surface area contributed by atoms with Gasteiger partial charge in [-0.3, -0.25) is 19.2 Å². The molecule has 1 spiro atoms. The van der Waals surface area contributed by atoms with Crippen LogP contribution in [0.2, 0.25) is 0 Å². The number of epoxide rings is 1. The molecule has 6 fully saturated rings. The Labute approximate surface area is 290 Å². The van der Waals surface area contributed by atoms with Gasteiger partial charge in [0.05, 0.1) is 25.4 Å². The zero-order valence-corrected chi connectivity index (χ0v) is 27.8. The van der Waals surface area contributed by atoms with Crippen LogP contribution in [0.4, 0.5) is 0 Å². The number of carbonyl (C=O) groups is 3. The maximum absolute atomic E-state index is 14.4. The van der Waals surface area contributed by atoms with E-state index in [0.717, 1.165) is 41.5 Å². The summed E-state index contributed by atoms with van der Waals surface area (Å²) in [6.45, 7) is 0.277. The van der Waals surface area contributed by atoms with Gasteiger partial charge in [0.2, 0.25) is 11.8 Å². The smallest absolute Gasteiger partial charge is 0.327 e. The van der Waals surface area contributed by atoms with E-state index >= 15 is 0 Å². The van der Waals surface area contributed by atoms with Crippen LogP contribution in [-0.4, -0.2) is 96.1 Å². The van der Waals surface area contributed by atoms with Crippen LogP contribution in [0.1, 0.15) is 54.4 Å². The van der Waals surface area contributed by atoms with E-state index in [-0.39, 0.29) is 50.9 Å². The van der Waals surface area contributed by atoms with Gasteiger partial charge in [-0.2, -0.15) is 5.06 Å². The van der Waals surface area contributed by atoms with Crippen LogP contribution < -0.4 is 10.6 Å². The fraction of sp³-hybridized carbons (Fsp3) is 0.553. The third-order valence-corrected chi connectivity index (χ3v) is 11.7. The number of aliphatic hydroxyl groups is 1. The van der Waals surface area contributed by atoms with Crippen LogP contribution in [0, 0.1) is 11.3 Å². The van der Waals surface area contributed by atoms with Gasteiger partial charge < -0.3 is 34.7 Å². The lowest BCUT2D eigenvalue weighted by Gasteiger charge is -2.48. The average molecular weight is 686 g/mol. The first-order valence-corrected chi connectivity index (χ1v) is 18.0. The van der Waals surface area contributed by atoms with E-state index in [4.69, 9.17) is 28.9 Å². The van der Waals surface area contributed by atoms with Crippen LogP contribution in [0.5, 0.6) is 0 Å². The zero-order valence-electron chi connectivity index (χ0n) is 27.8. The predicted octanol–water partition coefficient (Wildman–Crippen LogP) is 1.96. The summed E-state index contributed by atoms with van der Waals surface area (Å²) in [5.41, 5.74) is 2.97. The summed E-state index contributed by atoms with van der Waals surface area (Å²) in [5.74, 6) is -1.62. The molecule has 50 heavy (non-hydrogen) atoms. The highest BCUT2D eigenvalue weighted by atomic mass is 16.8. The largest absolute Gasteiger partial charge is 0.458 e. The van der Waals surface area contributed by atoms with Crippen molar-refractivity contribution in [2.24, 2.45) is 11.3 Å². The molecule has 3 unspecified atom stereocenters. The minimum Gasteiger partial charge on any atom is -0.458 e. The van der Waals surface area contributed by atoms with E-state index < -0.39 is 47.6 Å². The fourth-order valence-electron chi connectivity index (χ4n) is 9.27. The number of amides is 2. The fourth-order valence-corrected chi connectivity index (χ4v) is 9.27. The SMILES string of the molecule is O=C(CCNC(=O)[C@@]12C[C@H]3OC(=O)[C@@H]1N(Cc1ccc(C=CC4CCC5OC5C4)cc1)O[C@@H]2[C@H]1OC2(Cc4ccccc4C2)O[C@H]13)NCCO. The second kappa shape index (κ2) is 12.5. The van der Waals surface area contributed by atoms with Gasteiger partial charge in [0.15, 0.2) is 11.8 Å². The molecule has 12 heteroatoms. The lowest BCUT2D eigenvalue weighted by atomic mass is 9.62. The summed E-state index contributed by atoms with van der Waals surface area (Å²) in [7, 11) is 0. The lowest BCUT2D eigenvalue weighted by molar-refractivity contribution is -0.217. The monoisotopic (exact) mass is 685 g/mol. The topological polar surface area (TPSA) is 148 Å². The Balaban J connectivity index is 0.964. The number of hydrogen-bond acceptors (Lipinski definition) is 10. The molecule has 7 aliphatic rings. The van der Waals surface area contributed by atoms with Crippen molar-refractivity contribution in [2.45, 2.75) is 99.9 Å². The highest BCUT2D eigenvalue weighted by molar-refractivity contribution is 5.94. The van der Waals surface area contributed by atoms with E-state index in [1.807, 2.05) is 24.3 Å². The van der Waals surface area contributed by atoms with Gasteiger partial charge >= 0.3 is 5.97 Å². The number of hydrogen-bond donors (Lipinski definition) is 3. The van der Waals surface area contributed by atoms with Crippen molar-refractivity contribution in [1.29, 1.82) is 0 Å². The molecule has 4 heterocycles. The number of hydroxylamine groups is 2. The highest BCUT2D eigenvalue weighted by Gasteiger charge is 2.76. The predicted molar refractivity (Wildman–Crippen MR) is 177 cm³/mol. The summed E-state index contributed by atoms with van der Waals surface area (Å²) in [6, 6.07) is 15.3. The third-order valence-electron chi connectivity index (χ3n) is 11.7. The van der Waals surface area contributed by atoms with Gasteiger partial charge in [-0.1, -0.05) is 60.7 Å². The second-order valence-electron chi connectivity index (χ2n) is 14.9. The first-order chi connectivity index (χ1) is 24.3. The molecule has 3 aliphatic carbocycles. The second-order valence-corrected chi connectivity index (χ2v) is 14.9. The number of carbonyl (C=O) groups excluding carboxylic acids is 3. The Kier molecular flexibility index (Phi) is 8.09. The molecule has 0 aromatic heterocycles. The van der Waals surface area contributed by atoms with E-state index in [0.29, 0.717) is 31.0 Å². The average Bonchev–Trinajstić information content (AvgIpc) is 3.46. The van der Waals surface area contributed by atoms with Gasteiger partial charge in [0.1, 0.15) is 29.8 Å². The van der Waals surface area contributed by atoms with Crippen molar-refractivity contribution in [1.82, 2.24) is 15.7 Å². The Bertz CT molecular complexity index is 1670. The van der Waals surface area contributed by atoms with Crippen LogP contribution in [0.25, 0.3) is 6.08 Å². The highest BCUT2D eigenvalue weighted by Crippen LogP contribution is 2.58. The Morgan fingerprint density at radius 1 is 0.940 bits per heavy atom. The summed E-state index contributed by atoms with van der Waals surface area (Å²) in [4.78, 5) is 47.2. The van der Waals surface area contributed by atoms with E-state index in [1.165, 1.54) is 0 Å². The first-order valence-electron chi connectivity index (χ1n) is 18.0. The van der Waals surface area contributed by atoms with Crippen molar-refractivity contribution >= 4 is 23.9 Å². The molecule has 4 saturated heterocycles. The molecule has 9 atom stereocenters. The van der Waals surface area contributed by atoms with Gasteiger partial charge in [-0.25, -0.2) is 0 Å². The molecule has 2 aromatic carbocycles. The van der Waals surface area contributed by atoms with Crippen molar-refractivity contribution in [3.05, 3.63) is 76.9 Å². The molecule has 12 nitrogen and oxygen atoms in total. The molecule has 2 bridgehead atoms. The molecule has 2 saturated carbocycles. The minimum absolute atomic E-state index is 0.0268. The number of allylic oxidation sites excluding steroid dienone is 1. The number of ether oxygens (including phenoxy) is 4. The van der Waals surface area contributed by atoms with Crippen LogP contribution in [-0.2, 0) is 57.6 Å². The Morgan fingerprint density at radius 3 is 2.48 bits per heavy atom. The number of benzene rings is 2. The van der Waals surface area contributed by atoms with Crippen molar-refractivity contribution in [3.63, 3.8) is 0 Å². The number of rotatable bonds is 10. The van der Waals surface area contributed by atoms with Crippen molar-refractivity contribution in [3.8, 4) is 0 Å². The van der Waals surface area contributed by atoms with Gasteiger partial charge in [0, 0.05) is 38.8 Å². The van der Waals surface area contributed by atoms with E-state index in [2.05, 4.69) is 47.1 Å². The molecular weight excluding hydrogens is 642 g/mol. The summed E-state index contributed by atoms with van der Waals surface area (Å²) >= 11 is 0. The van der Waals surface area contributed by atoms with E-state index in [9.17, 15) is 14.4 Å². The summed E-state index contributed by atoms with van der Waals surface area (Å²) in [6.07, 6.45) is 7.29. The summed E-state index contributed by atoms with van der Waals surface area (Å²) in [5, 5.41) is 16.2. The molecule has 264 valence electrons. The normalized spacial score (nSPS) is 35.7. The molecular formula is C38H43N3O9. The first kappa shape index (κ1) is 32.3. The lowest BCUT2D eigenvalue weighted by Crippen LogP contribution is -2.69.